The molecule has 1 aliphatic heterocycles. The van der Waals surface area contributed by atoms with E-state index in [-0.39, 0.29) is 0 Å². The number of methoxy groups -OCH3 is 1. The van der Waals surface area contributed by atoms with Crippen LogP contribution in [0.5, 0.6) is 0 Å². The quantitative estimate of drug-likeness (QED) is 0.703. The van der Waals surface area contributed by atoms with E-state index < -0.39 is 6.09 Å². The van der Waals surface area contributed by atoms with E-state index in [1.54, 1.807) is 6.07 Å². The smallest absolute Gasteiger partial charge is 0.414 e. The molecule has 2 rings (SSSR count). The second-order valence-corrected chi connectivity index (χ2v) is 4.11. The molecule has 1 heterocycles. The molecule has 5 heteroatoms. The molecular weight excluding hydrogens is 237 g/mol. The van der Waals surface area contributed by atoms with Crippen molar-refractivity contribution in [1.29, 1.82) is 0 Å². The van der Waals surface area contributed by atoms with Gasteiger partial charge < -0.3 is 4.74 Å². The van der Waals surface area contributed by atoms with Crippen LogP contribution in [0.2, 0.25) is 10.0 Å². The van der Waals surface area contributed by atoms with Crippen LogP contribution in [-0.2, 0) is 11.2 Å². The Morgan fingerprint density at radius 2 is 2.20 bits per heavy atom. The van der Waals surface area contributed by atoms with Crippen molar-refractivity contribution in [2.45, 2.75) is 6.42 Å². The van der Waals surface area contributed by atoms with Crippen LogP contribution in [0.15, 0.2) is 12.1 Å². The van der Waals surface area contributed by atoms with E-state index in [4.69, 9.17) is 23.2 Å². The first-order valence-electron chi connectivity index (χ1n) is 4.47. The molecule has 0 unspecified atom stereocenters. The largest absolute Gasteiger partial charge is 0.452 e. The fourth-order valence-corrected chi connectivity index (χ4v) is 2.39. The number of anilines is 1. The van der Waals surface area contributed by atoms with Gasteiger partial charge in [-0.05, 0) is 24.1 Å². The summed E-state index contributed by atoms with van der Waals surface area (Å²) < 4.78 is 4.67. The van der Waals surface area contributed by atoms with Gasteiger partial charge >= 0.3 is 6.09 Å². The van der Waals surface area contributed by atoms with Gasteiger partial charge in [-0.3, -0.25) is 4.90 Å². The van der Waals surface area contributed by atoms with E-state index in [0.717, 1.165) is 12.0 Å². The maximum Gasteiger partial charge on any atom is 0.414 e. The fourth-order valence-electron chi connectivity index (χ4n) is 1.75. The normalized spacial score (nSPS) is 13.9. The molecular formula is C10H9Cl2NO2. The summed E-state index contributed by atoms with van der Waals surface area (Å²) in [6.07, 6.45) is 0.364. The number of rotatable bonds is 0. The van der Waals surface area contributed by atoms with Gasteiger partial charge in [-0.15, -0.1) is 0 Å². The van der Waals surface area contributed by atoms with Crippen LogP contribution >= 0.6 is 23.2 Å². The molecule has 0 aliphatic carbocycles. The third kappa shape index (κ3) is 1.77. The summed E-state index contributed by atoms with van der Waals surface area (Å²) in [4.78, 5) is 12.9. The Morgan fingerprint density at radius 1 is 1.47 bits per heavy atom. The highest BCUT2D eigenvalue weighted by Crippen LogP contribution is 2.37. The zero-order valence-corrected chi connectivity index (χ0v) is 9.60. The standard InChI is InChI=1S/C10H9Cl2NO2/c1-15-10(14)13-3-2-6-4-7(11)5-8(12)9(6)13/h4-5H,2-3H2,1H3. The minimum atomic E-state index is -0.391. The van der Waals surface area contributed by atoms with Crippen molar-refractivity contribution in [2.75, 3.05) is 18.6 Å². The van der Waals surface area contributed by atoms with Gasteiger partial charge in [0.2, 0.25) is 0 Å². The van der Waals surface area contributed by atoms with Crippen molar-refractivity contribution in [3.05, 3.63) is 27.7 Å². The van der Waals surface area contributed by atoms with E-state index in [9.17, 15) is 4.79 Å². The van der Waals surface area contributed by atoms with Crippen molar-refractivity contribution in [1.82, 2.24) is 0 Å². The van der Waals surface area contributed by atoms with E-state index in [1.165, 1.54) is 12.0 Å². The van der Waals surface area contributed by atoms with Gasteiger partial charge in [-0.1, -0.05) is 23.2 Å². The van der Waals surface area contributed by atoms with Crippen LogP contribution in [0.1, 0.15) is 5.56 Å². The lowest BCUT2D eigenvalue weighted by Crippen LogP contribution is -2.28. The van der Waals surface area contributed by atoms with Crippen molar-refractivity contribution < 1.29 is 9.53 Å². The summed E-state index contributed by atoms with van der Waals surface area (Å²) >= 11 is 11.9. The van der Waals surface area contributed by atoms with E-state index in [1.807, 2.05) is 6.07 Å². The molecule has 0 spiro atoms. The second-order valence-electron chi connectivity index (χ2n) is 3.27. The number of carbonyl (C=O) groups excluding carboxylic acids is 1. The summed E-state index contributed by atoms with van der Waals surface area (Å²) in [5, 5.41) is 1.07. The minimum Gasteiger partial charge on any atom is -0.452 e. The Hall–Kier alpha value is -0.930. The molecule has 3 nitrogen and oxygen atoms in total. The van der Waals surface area contributed by atoms with Gasteiger partial charge in [-0.2, -0.15) is 0 Å². The highest BCUT2D eigenvalue weighted by atomic mass is 35.5. The highest BCUT2D eigenvalue weighted by Gasteiger charge is 2.27. The Labute approximate surface area is 97.5 Å². The van der Waals surface area contributed by atoms with Crippen LogP contribution in [0.25, 0.3) is 0 Å². The highest BCUT2D eigenvalue weighted by molar-refractivity contribution is 6.37. The third-order valence-corrected chi connectivity index (χ3v) is 2.88. The number of amides is 1. The zero-order valence-electron chi connectivity index (χ0n) is 8.09. The van der Waals surface area contributed by atoms with Crippen LogP contribution in [0.3, 0.4) is 0 Å². The third-order valence-electron chi connectivity index (χ3n) is 2.38. The zero-order chi connectivity index (χ0) is 11.0. The van der Waals surface area contributed by atoms with E-state index >= 15 is 0 Å². The summed E-state index contributed by atoms with van der Waals surface area (Å²) in [6.45, 7) is 0.585. The summed E-state index contributed by atoms with van der Waals surface area (Å²) in [5.74, 6) is 0. The number of halogens is 2. The topological polar surface area (TPSA) is 29.5 Å². The van der Waals surface area contributed by atoms with Gasteiger partial charge in [0.15, 0.2) is 0 Å². The molecule has 0 atom stereocenters. The van der Waals surface area contributed by atoms with Gasteiger partial charge in [0.1, 0.15) is 0 Å². The van der Waals surface area contributed by atoms with Crippen LogP contribution in [-0.4, -0.2) is 19.7 Å². The summed E-state index contributed by atoms with van der Waals surface area (Å²) in [5.41, 5.74) is 1.70. The molecule has 0 bridgehead atoms. The predicted octanol–water partition coefficient (Wildman–Crippen LogP) is 3.12. The van der Waals surface area contributed by atoms with Crippen molar-refractivity contribution in [3.8, 4) is 0 Å². The Morgan fingerprint density at radius 3 is 2.87 bits per heavy atom. The number of ether oxygens (including phenoxy) is 1. The number of carbonyl (C=O) groups is 1. The Bertz CT molecular complexity index is 420. The van der Waals surface area contributed by atoms with Crippen molar-refractivity contribution in [3.63, 3.8) is 0 Å². The Balaban J connectivity index is 2.46. The predicted molar refractivity (Wildman–Crippen MR) is 59.9 cm³/mol. The molecule has 15 heavy (non-hydrogen) atoms. The molecule has 0 N–H and O–H groups in total. The molecule has 1 aromatic carbocycles. The maximum atomic E-state index is 11.4. The SMILES string of the molecule is COC(=O)N1CCc2cc(Cl)cc(Cl)c21. The lowest BCUT2D eigenvalue weighted by Gasteiger charge is -2.16. The lowest BCUT2D eigenvalue weighted by molar-refractivity contribution is 0.179. The first-order valence-corrected chi connectivity index (χ1v) is 5.22. The van der Waals surface area contributed by atoms with Gasteiger partial charge in [0.05, 0.1) is 17.8 Å². The molecule has 80 valence electrons. The molecule has 1 aliphatic rings. The summed E-state index contributed by atoms with van der Waals surface area (Å²) in [6, 6.07) is 3.45. The molecule has 0 fully saturated rings. The number of nitrogens with zero attached hydrogens (tertiary/aromatic N) is 1. The second kappa shape index (κ2) is 3.91. The van der Waals surface area contributed by atoms with Gasteiger partial charge in [-0.25, -0.2) is 4.79 Å². The first kappa shape index (κ1) is 10.6. The number of hydrogen-bond acceptors (Lipinski definition) is 2. The van der Waals surface area contributed by atoms with E-state index in [0.29, 0.717) is 22.3 Å². The lowest BCUT2D eigenvalue weighted by atomic mass is 10.2. The molecule has 1 aromatic rings. The average molecular weight is 246 g/mol. The van der Waals surface area contributed by atoms with E-state index in [2.05, 4.69) is 4.74 Å². The fraction of sp³-hybridized carbons (Fsp3) is 0.300. The molecule has 0 radical (unpaired) electrons. The van der Waals surface area contributed by atoms with Gasteiger partial charge in [0, 0.05) is 11.6 Å². The number of benzene rings is 1. The maximum absolute atomic E-state index is 11.4. The average Bonchev–Trinajstić information content (AvgIpc) is 2.60. The molecule has 0 aromatic heterocycles. The molecule has 1 amide bonds. The summed E-state index contributed by atoms with van der Waals surface area (Å²) in [7, 11) is 1.35. The molecule has 0 saturated heterocycles. The Kier molecular flexibility index (Phi) is 2.76. The number of fused-ring (bicyclic) bond motifs is 1. The van der Waals surface area contributed by atoms with Crippen LogP contribution in [0.4, 0.5) is 10.5 Å². The monoisotopic (exact) mass is 245 g/mol. The molecule has 0 saturated carbocycles. The first-order chi connectivity index (χ1) is 7.13. The van der Waals surface area contributed by atoms with Crippen molar-refractivity contribution >= 4 is 35.0 Å². The van der Waals surface area contributed by atoms with Gasteiger partial charge in [0.25, 0.3) is 0 Å². The van der Waals surface area contributed by atoms with Crippen LogP contribution < -0.4 is 4.90 Å². The van der Waals surface area contributed by atoms with Crippen LogP contribution in [0, 0.1) is 0 Å². The van der Waals surface area contributed by atoms with Crippen molar-refractivity contribution in [2.24, 2.45) is 0 Å². The number of hydrogen-bond donors (Lipinski definition) is 0. The minimum absolute atomic E-state index is 0.391.